The summed E-state index contributed by atoms with van der Waals surface area (Å²) in [6, 6.07) is 17.2. The largest absolute Gasteiger partial charge is 0.497 e. The number of nitrogens with one attached hydrogen (secondary N) is 1. The Hall–Kier alpha value is -1.32. The van der Waals surface area contributed by atoms with Crippen LogP contribution in [0.25, 0.3) is 0 Å². The van der Waals surface area contributed by atoms with Crippen LogP contribution in [0.3, 0.4) is 0 Å². The molecule has 0 fully saturated rings. The van der Waals surface area contributed by atoms with Crippen molar-refractivity contribution in [3.8, 4) is 5.75 Å². The summed E-state index contributed by atoms with van der Waals surface area (Å²) in [6.07, 6.45) is 0. The van der Waals surface area contributed by atoms with Gasteiger partial charge in [-0.3, -0.25) is 0 Å². The molecular formula is C17H20BrNO. The number of rotatable bonds is 5. The van der Waals surface area contributed by atoms with Crippen molar-refractivity contribution in [2.45, 2.75) is 25.9 Å². The molecule has 0 amide bonds. The fourth-order valence-electron chi connectivity index (χ4n) is 2.23. The van der Waals surface area contributed by atoms with Crippen LogP contribution < -0.4 is 10.1 Å². The van der Waals surface area contributed by atoms with Crippen LogP contribution in [0.4, 0.5) is 0 Å². The highest BCUT2D eigenvalue weighted by molar-refractivity contribution is 9.10. The fraction of sp³-hybridized carbons (Fsp3) is 0.294. The summed E-state index contributed by atoms with van der Waals surface area (Å²) in [5.41, 5.74) is 2.51. The van der Waals surface area contributed by atoms with Gasteiger partial charge < -0.3 is 10.1 Å². The van der Waals surface area contributed by atoms with Gasteiger partial charge in [0.1, 0.15) is 5.75 Å². The molecule has 1 unspecified atom stereocenters. The van der Waals surface area contributed by atoms with Gasteiger partial charge in [-0.05, 0) is 49.2 Å². The molecule has 0 heterocycles. The third-order valence-corrected chi connectivity index (χ3v) is 3.99. The molecule has 0 aromatic heterocycles. The first-order valence-electron chi connectivity index (χ1n) is 6.75. The van der Waals surface area contributed by atoms with E-state index in [4.69, 9.17) is 4.74 Å². The molecule has 106 valence electrons. The Morgan fingerprint density at radius 2 is 1.60 bits per heavy atom. The standard InChI is InChI=1S/C17H20BrNO/c1-12(14-7-9-16(18)10-8-14)19-13(2)15-5-4-6-17(11-15)20-3/h4-13,19H,1-3H3/t12?,13-/m0/s1. The number of hydrogen-bond donors (Lipinski definition) is 1. The minimum absolute atomic E-state index is 0.267. The van der Waals surface area contributed by atoms with Crippen molar-refractivity contribution in [3.05, 3.63) is 64.1 Å². The molecule has 0 aliphatic heterocycles. The molecule has 20 heavy (non-hydrogen) atoms. The Kier molecular flexibility index (Phi) is 5.21. The first kappa shape index (κ1) is 15.1. The van der Waals surface area contributed by atoms with Crippen LogP contribution in [-0.2, 0) is 0 Å². The van der Waals surface area contributed by atoms with E-state index in [-0.39, 0.29) is 6.04 Å². The maximum Gasteiger partial charge on any atom is 0.119 e. The fourth-order valence-corrected chi connectivity index (χ4v) is 2.49. The van der Waals surface area contributed by atoms with E-state index < -0.39 is 0 Å². The van der Waals surface area contributed by atoms with Crippen LogP contribution in [0.2, 0.25) is 0 Å². The molecule has 2 nitrogen and oxygen atoms in total. The van der Waals surface area contributed by atoms with Crippen molar-refractivity contribution < 1.29 is 4.74 Å². The molecule has 2 atom stereocenters. The van der Waals surface area contributed by atoms with Crippen molar-refractivity contribution in [3.63, 3.8) is 0 Å². The highest BCUT2D eigenvalue weighted by atomic mass is 79.9. The van der Waals surface area contributed by atoms with Crippen molar-refractivity contribution in [1.82, 2.24) is 5.32 Å². The number of halogens is 1. The Bertz CT molecular complexity index is 553. The van der Waals surface area contributed by atoms with E-state index in [0.29, 0.717) is 6.04 Å². The lowest BCUT2D eigenvalue weighted by atomic mass is 10.0. The lowest BCUT2D eigenvalue weighted by molar-refractivity contribution is 0.412. The molecule has 0 spiro atoms. The molecule has 0 aliphatic rings. The molecule has 0 aliphatic carbocycles. The van der Waals surface area contributed by atoms with Crippen LogP contribution in [0, 0.1) is 0 Å². The quantitative estimate of drug-likeness (QED) is 0.842. The van der Waals surface area contributed by atoms with Gasteiger partial charge in [0.15, 0.2) is 0 Å². The average Bonchev–Trinajstić information content (AvgIpc) is 2.47. The monoisotopic (exact) mass is 333 g/mol. The molecule has 2 rings (SSSR count). The second-order valence-electron chi connectivity index (χ2n) is 4.94. The van der Waals surface area contributed by atoms with Gasteiger partial charge in [-0.1, -0.05) is 40.2 Å². The van der Waals surface area contributed by atoms with E-state index in [9.17, 15) is 0 Å². The Balaban J connectivity index is 2.06. The first-order valence-corrected chi connectivity index (χ1v) is 7.55. The van der Waals surface area contributed by atoms with Crippen LogP contribution >= 0.6 is 15.9 Å². The lowest BCUT2D eigenvalue weighted by Gasteiger charge is -2.21. The summed E-state index contributed by atoms with van der Waals surface area (Å²) >= 11 is 3.46. The van der Waals surface area contributed by atoms with Gasteiger partial charge in [-0.25, -0.2) is 0 Å². The Morgan fingerprint density at radius 1 is 0.950 bits per heavy atom. The third-order valence-electron chi connectivity index (χ3n) is 3.46. The van der Waals surface area contributed by atoms with Crippen LogP contribution in [0.1, 0.15) is 37.1 Å². The van der Waals surface area contributed by atoms with Gasteiger partial charge in [0.05, 0.1) is 7.11 Å². The van der Waals surface area contributed by atoms with Gasteiger partial charge >= 0.3 is 0 Å². The van der Waals surface area contributed by atoms with Gasteiger partial charge in [0, 0.05) is 16.6 Å². The molecule has 1 N–H and O–H groups in total. The maximum absolute atomic E-state index is 5.27. The summed E-state index contributed by atoms with van der Waals surface area (Å²) in [6.45, 7) is 4.35. The zero-order chi connectivity index (χ0) is 14.5. The third kappa shape index (κ3) is 3.84. The number of benzene rings is 2. The van der Waals surface area contributed by atoms with E-state index in [1.807, 2.05) is 12.1 Å². The predicted molar refractivity (Wildman–Crippen MR) is 87.1 cm³/mol. The summed E-state index contributed by atoms with van der Waals surface area (Å²) < 4.78 is 6.38. The minimum atomic E-state index is 0.267. The maximum atomic E-state index is 5.27. The summed E-state index contributed by atoms with van der Waals surface area (Å²) in [5, 5.41) is 3.61. The van der Waals surface area contributed by atoms with Gasteiger partial charge in [0.2, 0.25) is 0 Å². The van der Waals surface area contributed by atoms with E-state index in [2.05, 4.69) is 71.5 Å². The van der Waals surface area contributed by atoms with Crippen LogP contribution in [0.5, 0.6) is 5.75 Å². The predicted octanol–water partition coefficient (Wildman–Crippen LogP) is 4.87. The van der Waals surface area contributed by atoms with E-state index in [0.717, 1.165) is 10.2 Å². The number of ether oxygens (including phenoxy) is 1. The smallest absolute Gasteiger partial charge is 0.119 e. The molecule has 0 radical (unpaired) electrons. The van der Waals surface area contributed by atoms with Crippen molar-refractivity contribution in [1.29, 1.82) is 0 Å². The average molecular weight is 334 g/mol. The van der Waals surface area contributed by atoms with Gasteiger partial charge in [-0.15, -0.1) is 0 Å². The molecule has 0 saturated carbocycles. The minimum Gasteiger partial charge on any atom is -0.497 e. The highest BCUT2D eigenvalue weighted by Crippen LogP contribution is 2.23. The SMILES string of the molecule is COc1cccc([C@H](C)NC(C)c2ccc(Br)cc2)c1. The van der Waals surface area contributed by atoms with Gasteiger partial charge in [0.25, 0.3) is 0 Å². The highest BCUT2D eigenvalue weighted by Gasteiger charge is 2.11. The topological polar surface area (TPSA) is 21.3 Å². The van der Waals surface area contributed by atoms with Crippen LogP contribution in [0.15, 0.2) is 53.0 Å². The summed E-state index contributed by atoms with van der Waals surface area (Å²) in [4.78, 5) is 0. The van der Waals surface area contributed by atoms with E-state index >= 15 is 0 Å². The Morgan fingerprint density at radius 3 is 2.25 bits per heavy atom. The van der Waals surface area contributed by atoms with Crippen molar-refractivity contribution in [2.24, 2.45) is 0 Å². The van der Waals surface area contributed by atoms with E-state index in [1.165, 1.54) is 11.1 Å². The molecule has 2 aromatic rings. The van der Waals surface area contributed by atoms with Crippen molar-refractivity contribution in [2.75, 3.05) is 7.11 Å². The molecule has 0 saturated heterocycles. The lowest BCUT2D eigenvalue weighted by Crippen LogP contribution is -2.22. The first-order chi connectivity index (χ1) is 9.60. The van der Waals surface area contributed by atoms with E-state index in [1.54, 1.807) is 7.11 Å². The number of hydrogen-bond acceptors (Lipinski definition) is 2. The summed E-state index contributed by atoms with van der Waals surface area (Å²) in [5.74, 6) is 0.896. The normalized spacial score (nSPS) is 13.8. The molecule has 3 heteroatoms. The molecule has 0 bridgehead atoms. The summed E-state index contributed by atoms with van der Waals surface area (Å²) in [7, 11) is 1.70. The zero-order valence-electron chi connectivity index (χ0n) is 12.1. The number of methoxy groups -OCH3 is 1. The zero-order valence-corrected chi connectivity index (χ0v) is 13.6. The molecule has 2 aromatic carbocycles. The Labute approximate surface area is 129 Å². The molecular weight excluding hydrogens is 314 g/mol. The van der Waals surface area contributed by atoms with Gasteiger partial charge in [-0.2, -0.15) is 0 Å². The second-order valence-corrected chi connectivity index (χ2v) is 5.85. The van der Waals surface area contributed by atoms with Crippen molar-refractivity contribution >= 4 is 15.9 Å². The van der Waals surface area contributed by atoms with Crippen LogP contribution in [-0.4, -0.2) is 7.11 Å². The second kappa shape index (κ2) is 6.91.